The number of anilines is 1. The van der Waals surface area contributed by atoms with Crippen LogP contribution in [-0.2, 0) is 9.53 Å². The molecule has 7 nitrogen and oxygen atoms in total. The van der Waals surface area contributed by atoms with Gasteiger partial charge in [0.1, 0.15) is 17.1 Å². The van der Waals surface area contributed by atoms with Crippen LogP contribution < -0.4 is 10.1 Å². The number of aliphatic imine (C=N–C) groups is 1. The molecule has 1 N–H and O–H groups in total. The van der Waals surface area contributed by atoms with Gasteiger partial charge in [-0.25, -0.2) is 14.8 Å². The van der Waals surface area contributed by atoms with E-state index in [-0.39, 0.29) is 0 Å². The molecule has 1 amide bonds. The van der Waals surface area contributed by atoms with Crippen molar-refractivity contribution in [2.45, 2.75) is 33.3 Å². The molecule has 3 rings (SSSR count). The van der Waals surface area contributed by atoms with Crippen molar-refractivity contribution in [3.8, 4) is 11.5 Å². The monoisotopic (exact) mass is 405 g/mol. The maximum Gasteiger partial charge on any atom is 0.412 e. The Morgan fingerprint density at radius 1 is 1.07 bits per heavy atom. The average molecular weight is 405 g/mol. The molecule has 30 heavy (non-hydrogen) atoms. The van der Waals surface area contributed by atoms with E-state index in [0.29, 0.717) is 34.9 Å². The Labute approximate surface area is 174 Å². The molecule has 7 heteroatoms. The highest BCUT2D eigenvalue weighted by Gasteiger charge is 2.18. The van der Waals surface area contributed by atoms with Gasteiger partial charge in [0, 0.05) is 22.5 Å². The summed E-state index contributed by atoms with van der Waals surface area (Å²) in [5, 5.41) is 4.43. The van der Waals surface area contributed by atoms with E-state index in [1.165, 1.54) is 0 Å². The highest BCUT2D eigenvalue weighted by molar-refractivity contribution is 6.13. The molecule has 1 heterocycles. The first-order valence-electron chi connectivity index (χ1n) is 9.41. The Morgan fingerprint density at radius 2 is 1.80 bits per heavy atom. The summed E-state index contributed by atoms with van der Waals surface area (Å²) in [6.07, 6.45) is 2.79. The summed E-state index contributed by atoms with van der Waals surface area (Å²) in [4.78, 5) is 30.9. The van der Waals surface area contributed by atoms with Crippen LogP contribution in [0.4, 0.5) is 16.3 Å². The van der Waals surface area contributed by atoms with Gasteiger partial charge in [-0.05, 0) is 45.9 Å². The van der Waals surface area contributed by atoms with Crippen LogP contribution in [0.25, 0.3) is 10.8 Å². The lowest BCUT2D eigenvalue weighted by Crippen LogP contribution is -2.27. The Kier molecular flexibility index (Phi) is 6.11. The number of rotatable bonds is 5. The van der Waals surface area contributed by atoms with Gasteiger partial charge < -0.3 is 9.47 Å². The molecule has 0 saturated heterocycles. The Balaban J connectivity index is 1.95. The lowest BCUT2D eigenvalue weighted by Gasteiger charge is -2.20. The molecule has 0 radical (unpaired) electrons. The first-order chi connectivity index (χ1) is 14.3. The number of pyridine rings is 1. The zero-order valence-corrected chi connectivity index (χ0v) is 17.3. The molecule has 0 aliphatic carbocycles. The number of nitrogens with one attached hydrogen (secondary N) is 1. The average Bonchev–Trinajstić information content (AvgIpc) is 2.69. The van der Waals surface area contributed by atoms with E-state index in [1.807, 2.05) is 52.0 Å². The van der Waals surface area contributed by atoms with Crippen molar-refractivity contribution in [1.82, 2.24) is 4.98 Å². The molecule has 0 unspecified atom stereocenters. The van der Waals surface area contributed by atoms with Crippen molar-refractivity contribution in [1.29, 1.82) is 0 Å². The molecular weight excluding hydrogens is 382 g/mol. The third kappa shape index (κ3) is 5.00. The highest BCUT2D eigenvalue weighted by Crippen LogP contribution is 2.36. The molecule has 0 bridgehead atoms. The lowest BCUT2D eigenvalue weighted by atomic mass is 10.1. The van der Waals surface area contributed by atoms with Crippen LogP contribution in [0.5, 0.6) is 11.5 Å². The van der Waals surface area contributed by atoms with E-state index in [9.17, 15) is 9.59 Å². The molecule has 0 saturated carbocycles. The summed E-state index contributed by atoms with van der Waals surface area (Å²) in [6, 6.07) is 12.9. The van der Waals surface area contributed by atoms with E-state index in [0.717, 1.165) is 17.0 Å². The van der Waals surface area contributed by atoms with Gasteiger partial charge in [-0.3, -0.25) is 10.1 Å². The van der Waals surface area contributed by atoms with Gasteiger partial charge in [-0.15, -0.1) is 0 Å². The van der Waals surface area contributed by atoms with Gasteiger partial charge in [-0.2, -0.15) is 0 Å². The number of aromatic nitrogens is 1. The van der Waals surface area contributed by atoms with Crippen LogP contribution in [0, 0.1) is 6.92 Å². The molecule has 3 aromatic rings. The number of hydrogen-bond donors (Lipinski definition) is 1. The van der Waals surface area contributed by atoms with E-state index < -0.39 is 11.7 Å². The Bertz CT molecular complexity index is 1120. The predicted octanol–water partition coefficient (Wildman–Crippen LogP) is 5.58. The second kappa shape index (κ2) is 8.73. The number of benzene rings is 2. The van der Waals surface area contributed by atoms with Crippen molar-refractivity contribution in [3.05, 3.63) is 54.2 Å². The fourth-order valence-electron chi connectivity index (χ4n) is 2.85. The van der Waals surface area contributed by atoms with Crippen LogP contribution in [0.15, 0.2) is 53.7 Å². The van der Waals surface area contributed by atoms with Crippen molar-refractivity contribution in [2.75, 3.05) is 5.32 Å². The quantitative estimate of drug-likeness (QED) is 0.442. The van der Waals surface area contributed by atoms with Crippen LogP contribution in [0.2, 0.25) is 0 Å². The van der Waals surface area contributed by atoms with E-state index >= 15 is 0 Å². The summed E-state index contributed by atoms with van der Waals surface area (Å²) in [7, 11) is 0. The van der Waals surface area contributed by atoms with Crippen molar-refractivity contribution in [3.63, 3.8) is 0 Å². The van der Waals surface area contributed by atoms with Gasteiger partial charge in [0.05, 0.1) is 11.9 Å². The van der Waals surface area contributed by atoms with Crippen LogP contribution in [0.3, 0.4) is 0 Å². The lowest BCUT2D eigenvalue weighted by molar-refractivity contribution is -0.102. The zero-order chi connectivity index (χ0) is 21.7. The molecule has 1 aromatic heterocycles. The minimum absolute atomic E-state index is 0.409. The number of fused-ring (bicyclic) bond motifs is 1. The minimum atomic E-state index is -0.591. The second-order valence-electron chi connectivity index (χ2n) is 7.56. The van der Waals surface area contributed by atoms with Gasteiger partial charge in [-0.1, -0.05) is 24.3 Å². The number of ether oxygens (including phenoxy) is 2. The summed E-state index contributed by atoms with van der Waals surface area (Å²) in [5.41, 5.74) is 0.733. The molecule has 0 spiro atoms. The number of nitrogens with zero attached hydrogens (tertiary/aromatic N) is 2. The van der Waals surface area contributed by atoms with Crippen molar-refractivity contribution < 1.29 is 19.1 Å². The number of amides is 1. The van der Waals surface area contributed by atoms with E-state index in [4.69, 9.17) is 9.47 Å². The molecule has 0 atom stereocenters. The number of hydrogen-bond acceptors (Lipinski definition) is 6. The summed E-state index contributed by atoms with van der Waals surface area (Å²) in [5.74, 6) is 1.59. The molecular formula is C23H23N3O4. The Hall–Kier alpha value is -3.74. The normalized spacial score (nSPS) is 11.5. The summed E-state index contributed by atoms with van der Waals surface area (Å²) < 4.78 is 11.5. The van der Waals surface area contributed by atoms with Gasteiger partial charge in [0.2, 0.25) is 0 Å². The molecule has 2 aromatic carbocycles. The first-order valence-corrected chi connectivity index (χ1v) is 9.41. The van der Waals surface area contributed by atoms with Gasteiger partial charge >= 0.3 is 6.09 Å². The standard InChI is InChI=1S/C23H23N3O4/c1-15-19(11-12-24-21(15)25-13-14-27)29-20-10-9-18(16-7-5-6-8-17(16)20)26-22(28)30-23(2,3)4/h5-14H,1-4H3,(H,26,28)/b25-13-. The van der Waals surface area contributed by atoms with E-state index in [1.54, 1.807) is 24.4 Å². The van der Waals surface area contributed by atoms with Crippen LogP contribution >= 0.6 is 0 Å². The molecule has 0 aliphatic rings. The SMILES string of the molecule is Cc1c(Oc2ccc(NC(=O)OC(C)(C)C)c3ccccc23)ccnc1/N=C\C=O. The first kappa shape index (κ1) is 21.0. The molecule has 0 aliphatic heterocycles. The smallest absolute Gasteiger partial charge is 0.412 e. The molecule has 0 fully saturated rings. The predicted molar refractivity (Wildman–Crippen MR) is 117 cm³/mol. The molecule has 154 valence electrons. The summed E-state index contributed by atoms with van der Waals surface area (Å²) >= 11 is 0. The third-order valence-electron chi connectivity index (χ3n) is 4.13. The number of carbonyl (C=O) groups excluding carboxylic acids is 2. The topological polar surface area (TPSA) is 89.9 Å². The highest BCUT2D eigenvalue weighted by atomic mass is 16.6. The van der Waals surface area contributed by atoms with Gasteiger partial charge in [0.25, 0.3) is 0 Å². The van der Waals surface area contributed by atoms with Crippen LogP contribution in [-0.4, -0.2) is 29.2 Å². The van der Waals surface area contributed by atoms with Crippen molar-refractivity contribution >= 4 is 40.9 Å². The largest absolute Gasteiger partial charge is 0.456 e. The fourth-order valence-corrected chi connectivity index (χ4v) is 2.85. The minimum Gasteiger partial charge on any atom is -0.456 e. The maximum absolute atomic E-state index is 12.2. The fraction of sp³-hybridized carbons (Fsp3) is 0.217. The second-order valence-corrected chi connectivity index (χ2v) is 7.56. The van der Waals surface area contributed by atoms with Crippen LogP contribution in [0.1, 0.15) is 26.3 Å². The summed E-state index contributed by atoms with van der Waals surface area (Å²) in [6.45, 7) is 7.25. The maximum atomic E-state index is 12.2. The van der Waals surface area contributed by atoms with Crippen molar-refractivity contribution in [2.24, 2.45) is 4.99 Å². The van der Waals surface area contributed by atoms with E-state index in [2.05, 4.69) is 15.3 Å². The number of carbonyl (C=O) groups is 2. The Morgan fingerprint density at radius 3 is 2.50 bits per heavy atom. The third-order valence-corrected chi connectivity index (χ3v) is 4.13. The number of aldehydes is 1. The van der Waals surface area contributed by atoms with Gasteiger partial charge in [0.15, 0.2) is 12.1 Å². The zero-order valence-electron chi connectivity index (χ0n) is 17.3.